The van der Waals surface area contributed by atoms with Crippen LogP contribution in [0.5, 0.6) is 0 Å². The summed E-state index contributed by atoms with van der Waals surface area (Å²) in [4.78, 5) is 46.1. The van der Waals surface area contributed by atoms with E-state index in [9.17, 15) is 19.5 Å². The number of aliphatic imine (C=N–C) groups is 1. The summed E-state index contributed by atoms with van der Waals surface area (Å²) in [5.74, 6) is -1.15. The number of hydrogen-bond acceptors (Lipinski definition) is 6. The van der Waals surface area contributed by atoms with Crippen molar-refractivity contribution >= 4 is 71.4 Å². The molecule has 0 aliphatic carbocycles. The number of carbonyl (C=O) groups is 2. The van der Waals surface area contributed by atoms with E-state index < -0.39 is 35.1 Å². The highest BCUT2D eigenvalue weighted by Gasteiger charge is 2.52. The smallest absolute Gasteiger partial charge is 0.365 e. The number of hydrogen-bond donors (Lipinski definition) is 7. The zero-order valence-electron chi connectivity index (χ0n) is 19.7. The minimum atomic E-state index is -2.15. The minimum absolute atomic E-state index is 0.0601. The van der Waals surface area contributed by atoms with Crippen molar-refractivity contribution in [1.29, 1.82) is 0 Å². The number of piperazine rings is 1. The van der Waals surface area contributed by atoms with Gasteiger partial charge < -0.3 is 36.7 Å². The Kier molecular flexibility index (Phi) is 6.79. The molecule has 0 saturated carbocycles. The summed E-state index contributed by atoms with van der Waals surface area (Å²) in [5, 5.41) is 21.4. The molecule has 0 bridgehead atoms. The SMILES string of the molecule is NC(N)=NCCC[C@H]1NC(=O)[C@@H]([C@@](O)(c2c[nH]c3cc(Br)ccc23)c2c(Br)ccc3c(=O)o[nH]c23)NC1=O. The summed E-state index contributed by atoms with van der Waals surface area (Å²) in [7, 11) is 0. The molecule has 14 heteroatoms. The van der Waals surface area contributed by atoms with Crippen LogP contribution < -0.4 is 27.7 Å². The lowest BCUT2D eigenvalue weighted by molar-refractivity contribution is -0.143. The third-order valence-electron chi connectivity index (χ3n) is 6.60. The van der Waals surface area contributed by atoms with Crippen LogP contribution in [0, 0.1) is 0 Å². The van der Waals surface area contributed by atoms with Gasteiger partial charge in [-0.25, -0.2) is 9.95 Å². The summed E-state index contributed by atoms with van der Waals surface area (Å²) < 4.78 is 6.20. The summed E-state index contributed by atoms with van der Waals surface area (Å²) in [6, 6.07) is 6.19. The van der Waals surface area contributed by atoms with E-state index in [1.807, 2.05) is 6.07 Å². The standard InChI is InChI=1S/C24H23Br2N7O5/c25-10-3-4-11-13(9-30-16(11)8-10)24(37,17-14(26)6-5-12-18(17)33-38-22(12)36)19-21(35)31-15(20(34)32-19)2-1-7-29-23(27)28/h3-6,8-9,15,19,30,33,37H,1-2,7H2,(H,31,35)(H,32,34)(H4,27,28,29)/t15-,19+,24-/m1/s1. The number of carbonyl (C=O) groups excluding carboxylic acids is 2. The molecule has 2 amide bonds. The summed E-state index contributed by atoms with van der Waals surface area (Å²) in [5.41, 5.74) is 9.21. The fraction of sp³-hybridized carbons (Fsp3) is 0.250. The molecule has 4 aromatic rings. The maximum absolute atomic E-state index is 13.6. The molecule has 1 saturated heterocycles. The van der Waals surface area contributed by atoms with Gasteiger partial charge in [-0.05, 0) is 37.1 Å². The Hall–Kier alpha value is -3.62. The number of benzene rings is 2. The molecular formula is C24H23Br2N7O5. The molecule has 38 heavy (non-hydrogen) atoms. The van der Waals surface area contributed by atoms with Crippen LogP contribution in [0.15, 0.2) is 59.8 Å². The second kappa shape index (κ2) is 9.93. The van der Waals surface area contributed by atoms with Gasteiger partial charge in [-0.2, -0.15) is 0 Å². The molecule has 2 aromatic carbocycles. The number of nitrogens with two attached hydrogens (primary N) is 2. The molecule has 1 aliphatic rings. The van der Waals surface area contributed by atoms with Gasteiger partial charge >= 0.3 is 5.63 Å². The fourth-order valence-corrected chi connectivity index (χ4v) is 5.85. The van der Waals surface area contributed by atoms with Crippen molar-refractivity contribution in [2.45, 2.75) is 30.5 Å². The van der Waals surface area contributed by atoms with Gasteiger partial charge in [-0.3, -0.25) is 14.6 Å². The first-order valence-electron chi connectivity index (χ1n) is 11.6. The summed E-state index contributed by atoms with van der Waals surface area (Å²) in [6.45, 7) is 0.295. The van der Waals surface area contributed by atoms with E-state index in [0.717, 1.165) is 4.47 Å². The number of aliphatic hydroxyl groups is 1. The molecule has 12 nitrogen and oxygen atoms in total. The first kappa shape index (κ1) is 26.0. The molecular weight excluding hydrogens is 626 g/mol. The van der Waals surface area contributed by atoms with Gasteiger partial charge in [0, 0.05) is 43.7 Å². The van der Waals surface area contributed by atoms with Gasteiger partial charge in [0.25, 0.3) is 0 Å². The van der Waals surface area contributed by atoms with Gasteiger partial charge in [-0.1, -0.05) is 37.9 Å². The van der Waals surface area contributed by atoms with Crippen molar-refractivity contribution < 1.29 is 19.2 Å². The quantitative estimate of drug-likeness (QED) is 0.0890. The summed E-state index contributed by atoms with van der Waals surface area (Å²) in [6.07, 6.45) is 2.31. The highest BCUT2D eigenvalue weighted by atomic mass is 79.9. The average Bonchev–Trinajstić information content (AvgIpc) is 3.46. The van der Waals surface area contributed by atoms with E-state index in [1.54, 1.807) is 24.4 Å². The van der Waals surface area contributed by atoms with Crippen LogP contribution in [0.25, 0.3) is 21.8 Å². The van der Waals surface area contributed by atoms with Crippen molar-refractivity contribution in [2.24, 2.45) is 16.5 Å². The number of nitrogens with zero attached hydrogens (tertiary/aromatic N) is 1. The lowest BCUT2D eigenvalue weighted by Crippen LogP contribution is -2.68. The van der Waals surface area contributed by atoms with E-state index in [-0.39, 0.29) is 28.8 Å². The van der Waals surface area contributed by atoms with E-state index >= 15 is 0 Å². The predicted molar refractivity (Wildman–Crippen MR) is 147 cm³/mol. The zero-order chi connectivity index (χ0) is 27.2. The third-order valence-corrected chi connectivity index (χ3v) is 7.75. The molecule has 198 valence electrons. The number of halogens is 2. The molecule has 2 aromatic heterocycles. The number of aromatic nitrogens is 2. The van der Waals surface area contributed by atoms with E-state index in [4.69, 9.17) is 16.0 Å². The predicted octanol–water partition coefficient (Wildman–Crippen LogP) is 1.40. The van der Waals surface area contributed by atoms with Crippen LogP contribution in [-0.2, 0) is 15.2 Å². The minimum Gasteiger partial charge on any atom is -0.377 e. The van der Waals surface area contributed by atoms with E-state index in [2.05, 4.69) is 57.6 Å². The molecule has 0 spiro atoms. The monoisotopic (exact) mass is 647 g/mol. The largest absolute Gasteiger partial charge is 0.377 e. The highest BCUT2D eigenvalue weighted by Crippen LogP contribution is 2.44. The fourth-order valence-electron chi connectivity index (χ4n) is 4.86. The van der Waals surface area contributed by atoms with Crippen molar-refractivity contribution in [1.82, 2.24) is 20.8 Å². The van der Waals surface area contributed by atoms with Gasteiger partial charge in [-0.15, -0.1) is 0 Å². The topological polar surface area (TPSA) is 205 Å². The first-order valence-corrected chi connectivity index (χ1v) is 13.2. The maximum Gasteiger partial charge on any atom is 0.365 e. The number of amides is 2. The number of H-pyrrole nitrogens is 2. The van der Waals surface area contributed by atoms with E-state index in [0.29, 0.717) is 33.9 Å². The summed E-state index contributed by atoms with van der Waals surface area (Å²) >= 11 is 6.91. The maximum atomic E-state index is 13.6. The van der Waals surface area contributed by atoms with Crippen LogP contribution >= 0.6 is 31.9 Å². The van der Waals surface area contributed by atoms with Gasteiger partial charge in [0.15, 0.2) is 5.96 Å². The van der Waals surface area contributed by atoms with Crippen LogP contribution in [0.3, 0.4) is 0 Å². The Bertz CT molecular complexity index is 1650. The van der Waals surface area contributed by atoms with E-state index in [1.165, 1.54) is 6.07 Å². The molecule has 1 aliphatic heterocycles. The molecule has 1 fully saturated rings. The van der Waals surface area contributed by atoms with Gasteiger partial charge in [0.2, 0.25) is 11.8 Å². The molecule has 0 unspecified atom stereocenters. The van der Waals surface area contributed by atoms with Crippen molar-refractivity contribution in [3.63, 3.8) is 0 Å². The molecule has 5 rings (SSSR count). The van der Waals surface area contributed by atoms with Gasteiger partial charge in [0.05, 0.1) is 10.9 Å². The number of guanidine groups is 1. The first-order chi connectivity index (χ1) is 18.1. The second-order valence-corrected chi connectivity index (χ2v) is 10.7. The Morgan fingerprint density at radius 3 is 2.61 bits per heavy atom. The Morgan fingerprint density at radius 1 is 1.08 bits per heavy atom. The number of rotatable bonds is 7. The number of nitrogens with one attached hydrogen (secondary N) is 4. The van der Waals surface area contributed by atoms with Crippen molar-refractivity contribution in [2.75, 3.05) is 6.54 Å². The van der Waals surface area contributed by atoms with Crippen molar-refractivity contribution in [3.05, 3.63) is 67.0 Å². The Morgan fingerprint density at radius 2 is 1.84 bits per heavy atom. The lowest BCUT2D eigenvalue weighted by atomic mass is 9.77. The Labute approximate surface area is 231 Å². The van der Waals surface area contributed by atoms with Crippen LogP contribution in [0.2, 0.25) is 0 Å². The molecule has 0 radical (unpaired) electrons. The van der Waals surface area contributed by atoms with Crippen LogP contribution in [0.1, 0.15) is 24.0 Å². The average molecular weight is 649 g/mol. The Balaban J connectivity index is 1.63. The molecule has 3 atom stereocenters. The third kappa shape index (κ3) is 4.37. The van der Waals surface area contributed by atoms with Gasteiger partial charge in [0.1, 0.15) is 17.7 Å². The number of aromatic amines is 2. The second-order valence-electron chi connectivity index (χ2n) is 8.95. The zero-order valence-corrected chi connectivity index (χ0v) is 22.9. The van der Waals surface area contributed by atoms with Crippen LogP contribution in [-0.4, -0.2) is 51.6 Å². The normalized spacial score (nSPS) is 19.2. The lowest BCUT2D eigenvalue weighted by Gasteiger charge is -2.40. The highest BCUT2D eigenvalue weighted by molar-refractivity contribution is 9.10. The molecule has 3 heterocycles. The van der Waals surface area contributed by atoms with Crippen molar-refractivity contribution in [3.8, 4) is 0 Å². The number of fused-ring (bicyclic) bond motifs is 2. The van der Waals surface area contributed by atoms with Crippen LogP contribution in [0.4, 0.5) is 0 Å². The molecule has 9 N–H and O–H groups in total.